The lowest BCUT2D eigenvalue weighted by Gasteiger charge is -2.10. The van der Waals surface area contributed by atoms with Gasteiger partial charge in [-0.25, -0.2) is 14.6 Å². The van der Waals surface area contributed by atoms with Gasteiger partial charge in [0.05, 0.1) is 20.0 Å². The number of amides is 1. The minimum atomic E-state index is -0.173. The molecule has 0 saturated heterocycles. The Hall–Kier alpha value is -2.88. The van der Waals surface area contributed by atoms with Crippen LogP contribution in [-0.4, -0.2) is 50.8 Å². The van der Waals surface area contributed by atoms with E-state index in [0.717, 1.165) is 0 Å². The number of carbonyl (C=O) groups is 1. The third kappa shape index (κ3) is 3.63. The highest BCUT2D eigenvalue weighted by molar-refractivity contribution is 8.00. The van der Waals surface area contributed by atoms with Crippen LogP contribution in [0.25, 0.3) is 11.2 Å². The fourth-order valence-electron chi connectivity index (χ4n) is 2.18. The number of anilines is 1. The molecule has 0 unspecified atom stereocenters. The molecule has 9 nitrogen and oxygen atoms in total. The molecule has 0 bridgehead atoms. The first kappa shape index (κ1) is 17.0. The van der Waals surface area contributed by atoms with Gasteiger partial charge in [-0.2, -0.15) is 0 Å². The lowest BCUT2D eigenvalue weighted by molar-refractivity contribution is -0.113. The van der Waals surface area contributed by atoms with Gasteiger partial charge in [-0.1, -0.05) is 17.0 Å². The van der Waals surface area contributed by atoms with Crippen molar-refractivity contribution in [1.82, 2.24) is 25.0 Å². The molecule has 3 rings (SSSR count). The zero-order valence-electron chi connectivity index (χ0n) is 13.9. The molecule has 0 fully saturated rings. The Morgan fingerprint density at radius 2 is 2.04 bits per heavy atom. The molecule has 1 aromatic carbocycles. The molecule has 2 aromatic heterocycles. The second-order valence-electron chi connectivity index (χ2n) is 4.97. The fourth-order valence-corrected chi connectivity index (χ4v) is 2.91. The molecule has 0 aliphatic heterocycles. The van der Waals surface area contributed by atoms with E-state index < -0.39 is 0 Å². The number of fused-ring (bicyclic) bond motifs is 1. The Morgan fingerprint density at radius 1 is 1.24 bits per heavy atom. The maximum Gasteiger partial charge on any atom is 0.234 e. The van der Waals surface area contributed by atoms with Crippen LogP contribution in [0.15, 0.2) is 29.6 Å². The maximum atomic E-state index is 12.2. The largest absolute Gasteiger partial charge is 0.493 e. The van der Waals surface area contributed by atoms with Crippen molar-refractivity contribution in [3.8, 4) is 11.5 Å². The zero-order valence-corrected chi connectivity index (χ0v) is 14.7. The van der Waals surface area contributed by atoms with Crippen molar-refractivity contribution in [3.63, 3.8) is 0 Å². The Balaban J connectivity index is 1.66. The number of hydrogen-bond donors (Lipinski definition) is 1. The van der Waals surface area contributed by atoms with Gasteiger partial charge in [0.15, 0.2) is 22.7 Å². The lowest BCUT2D eigenvalue weighted by atomic mass is 10.2. The number of aromatic nitrogens is 5. The second kappa shape index (κ2) is 7.34. The first-order chi connectivity index (χ1) is 12.1. The number of benzene rings is 1. The van der Waals surface area contributed by atoms with E-state index in [-0.39, 0.29) is 11.7 Å². The SMILES string of the molecule is COc1ccc(NC(=O)CSc2ncnc3c2nnn3C)cc1OC. The van der Waals surface area contributed by atoms with Gasteiger partial charge in [-0.15, -0.1) is 5.10 Å². The molecule has 0 aliphatic rings. The van der Waals surface area contributed by atoms with Crippen molar-refractivity contribution in [2.45, 2.75) is 5.03 Å². The van der Waals surface area contributed by atoms with E-state index in [2.05, 4.69) is 25.6 Å². The van der Waals surface area contributed by atoms with Crippen LogP contribution in [0.5, 0.6) is 11.5 Å². The summed E-state index contributed by atoms with van der Waals surface area (Å²) in [6.45, 7) is 0. The van der Waals surface area contributed by atoms with Crippen molar-refractivity contribution in [3.05, 3.63) is 24.5 Å². The van der Waals surface area contributed by atoms with Crippen LogP contribution in [0, 0.1) is 0 Å². The van der Waals surface area contributed by atoms with Crippen LogP contribution in [0.2, 0.25) is 0 Å². The van der Waals surface area contributed by atoms with E-state index in [1.165, 1.54) is 18.1 Å². The number of nitrogens with one attached hydrogen (secondary N) is 1. The van der Waals surface area contributed by atoms with Crippen molar-refractivity contribution < 1.29 is 14.3 Å². The van der Waals surface area contributed by atoms with Gasteiger partial charge in [-0.05, 0) is 12.1 Å². The van der Waals surface area contributed by atoms with E-state index in [0.29, 0.717) is 33.4 Å². The normalized spacial score (nSPS) is 10.7. The number of thioether (sulfide) groups is 1. The van der Waals surface area contributed by atoms with E-state index in [4.69, 9.17) is 9.47 Å². The molecular formula is C15H16N6O3S. The number of rotatable bonds is 6. The molecule has 3 aromatic rings. The predicted octanol–water partition coefficient (Wildman–Crippen LogP) is 1.51. The Morgan fingerprint density at radius 3 is 2.80 bits per heavy atom. The first-order valence-electron chi connectivity index (χ1n) is 7.27. The molecule has 0 radical (unpaired) electrons. The Kier molecular flexibility index (Phi) is 4.98. The summed E-state index contributed by atoms with van der Waals surface area (Å²) in [5, 5.41) is 11.4. The van der Waals surface area contributed by atoms with Gasteiger partial charge in [-0.3, -0.25) is 4.79 Å². The predicted molar refractivity (Wildman–Crippen MR) is 93.0 cm³/mol. The topological polar surface area (TPSA) is 104 Å². The molecule has 1 N–H and O–H groups in total. The molecule has 0 atom stereocenters. The summed E-state index contributed by atoms with van der Waals surface area (Å²) in [4.78, 5) is 20.5. The van der Waals surface area contributed by atoms with Gasteiger partial charge >= 0.3 is 0 Å². The quantitative estimate of drug-likeness (QED) is 0.521. The number of aryl methyl sites for hydroxylation is 1. The highest BCUT2D eigenvalue weighted by atomic mass is 32.2. The first-order valence-corrected chi connectivity index (χ1v) is 8.26. The summed E-state index contributed by atoms with van der Waals surface area (Å²) in [6.07, 6.45) is 1.43. The minimum absolute atomic E-state index is 0.173. The van der Waals surface area contributed by atoms with Crippen LogP contribution >= 0.6 is 11.8 Å². The summed E-state index contributed by atoms with van der Waals surface area (Å²) in [5.41, 5.74) is 1.82. The van der Waals surface area contributed by atoms with Gasteiger partial charge in [0.2, 0.25) is 5.91 Å². The average molecular weight is 360 g/mol. The van der Waals surface area contributed by atoms with Gasteiger partial charge in [0.1, 0.15) is 11.4 Å². The van der Waals surface area contributed by atoms with Crippen LogP contribution in [0.4, 0.5) is 5.69 Å². The van der Waals surface area contributed by atoms with Crippen LogP contribution in [-0.2, 0) is 11.8 Å². The lowest BCUT2D eigenvalue weighted by Crippen LogP contribution is -2.14. The number of ether oxygens (including phenoxy) is 2. The average Bonchev–Trinajstić information content (AvgIpc) is 3.01. The summed E-state index contributed by atoms with van der Waals surface area (Å²) >= 11 is 1.27. The standard InChI is InChI=1S/C15H16N6O3S/c1-21-14-13(19-20-21)15(17-8-16-14)25-7-12(22)18-9-4-5-10(23-2)11(6-9)24-3/h4-6,8H,7H2,1-3H3,(H,18,22). The van der Waals surface area contributed by atoms with Gasteiger partial charge in [0.25, 0.3) is 0 Å². The summed E-state index contributed by atoms with van der Waals surface area (Å²) in [6, 6.07) is 5.18. The Bertz CT molecular complexity index is 913. The van der Waals surface area contributed by atoms with Crippen molar-refractivity contribution in [1.29, 1.82) is 0 Å². The smallest absolute Gasteiger partial charge is 0.234 e. The number of hydrogen-bond acceptors (Lipinski definition) is 8. The molecule has 1 amide bonds. The van der Waals surface area contributed by atoms with E-state index in [1.54, 1.807) is 44.1 Å². The van der Waals surface area contributed by atoms with Gasteiger partial charge in [0, 0.05) is 18.8 Å². The minimum Gasteiger partial charge on any atom is -0.493 e. The van der Waals surface area contributed by atoms with Crippen molar-refractivity contribution in [2.75, 3.05) is 25.3 Å². The monoisotopic (exact) mass is 360 g/mol. The van der Waals surface area contributed by atoms with Crippen molar-refractivity contribution in [2.24, 2.45) is 7.05 Å². The molecule has 0 spiro atoms. The van der Waals surface area contributed by atoms with Crippen LogP contribution in [0.1, 0.15) is 0 Å². The molecular weight excluding hydrogens is 344 g/mol. The maximum absolute atomic E-state index is 12.2. The third-order valence-corrected chi connectivity index (χ3v) is 4.34. The summed E-state index contributed by atoms with van der Waals surface area (Å²) in [7, 11) is 4.85. The fraction of sp³-hybridized carbons (Fsp3) is 0.267. The second-order valence-corrected chi connectivity index (χ2v) is 5.93. The third-order valence-electron chi connectivity index (χ3n) is 3.36. The number of nitrogens with zero attached hydrogens (tertiary/aromatic N) is 5. The van der Waals surface area contributed by atoms with Gasteiger partial charge < -0.3 is 14.8 Å². The molecule has 10 heteroatoms. The number of carbonyl (C=O) groups excluding carboxylic acids is 1. The number of methoxy groups -OCH3 is 2. The molecule has 25 heavy (non-hydrogen) atoms. The van der Waals surface area contributed by atoms with E-state index in [1.807, 2.05) is 0 Å². The summed E-state index contributed by atoms with van der Waals surface area (Å²) < 4.78 is 12.0. The van der Waals surface area contributed by atoms with Crippen LogP contribution < -0.4 is 14.8 Å². The zero-order chi connectivity index (χ0) is 17.8. The van der Waals surface area contributed by atoms with E-state index >= 15 is 0 Å². The highest BCUT2D eigenvalue weighted by Gasteiger charge is 2.13. The Labute approximate surface area is 147 Å². The molecule has 0 saturated carbocycles. The molecule has 130 valence electrons. The van der Waals surface area contributed by atoms with Crippen molar-refractivity contribution >= 4 is 34.5 Å². The summed E-state index contributed by atoms with van der Waals surface area (Å²) in [5.74, 6) is 1.15. The molecule has 2 heterocycles. The molecule has 0 aliphatic carbocycles. The van der Waals surface area contributed by atoms with Crippen LogP contribution in [0.3, 0.4) is 0 Å². The highest BCUT2D eigenvalue weighted by Crippen LogP contribution is 2.30. The van der Waals surface area contributed by atoms with E-state index in [9.17, 15) is 4.79 Å².